The molecule has 0 amide bonds. The second-order valence-electron chi connectivity index (χ2n) is 9.06. The number of Topliss-reactive ketones (excluding diaryl/α,β-unsaturated/α-hetero) is 1. The van der Waals surface area contributed by atoms with Crippen molar-refractivity contribution in [3.63, 3.8) is 0 Å². The number of ketones is 1. The van der Waals surface area contributed by atoms with E-state index in [-0.39, 0.29) is 5.78 Å². The number of benzene rings is 3. The highest BCUT2D eigenvalue weighted by molar-refractivity contribution is 9.10. The minimum atomic E-state index is -0.653. The first-order chi connectivity index (χ1) is 17.8. The predicted molar refractivity (Wildman–Crippen MR) is 144 cm³/mol. The van der Waals surface area contributed by atoms with Crippen molar-refractivity contribution in [2.24, 2.45) is 0 Å². The van der Waals surface area contributed by atoms with Gasteiger partial charge in [0.05, 0.1) is 30.0 Å². The van der Waals surface area contributed by atoms with E-state index < -0.39 is 11.9 Å². The van der Waals surface area contributed by atoms with Crippen LogP contribution in [0.15, 0.2) is 82.0 Å². The van der Waals surface area contributed by atoms with Crippen LogP contribution in [0.25, 0.3) is 5.70 Å². The van der Waals surface area contributed by atoms with Gasteiger partial charge in [-0.1, -0.05) is 54.1 Å². The maximum absolute atomic E-state index is 13.6. The molecule has 6 nitrogen and oxygen atoms in total. The molecule has 37 heavy (non-hydrogen) atoms. The molecule has 1 heterocycles. The van der Waals surface area contributed by atoms with E-state index >= 15 is 0 Å². The third-order valence-electron chi connectivity index (χ3n) is 6.70. The number of hydrogen-bond acceptors (Lipinski definition) is 6. The first-order valence-electron chi connectivity index (χ1n) is 11.8. The van der Waals surface area contributed by atoms with Gasteiger partial charge in [-0.2, -0.15) is 0 Å². The van der Waals surface area contributed by atoms with Gasteiger partial charge in [-0.25, -0.2) is 4.79 Å². The number of fused-ring (bicyclic) bond motifs is 2. The van der Waals surface area contributed by atoms with Crippen molar-refractivity contribution < 1.29 is 23.8 Å². The zero-order valence-electron chi connectivity index (χ0n) is 21.0. The SMILES string of the molecule is COC(=O)C1=C(C)NC2=C(C(=O)c3ccccc32)[C@H]1c1cc(Br)c(OCc2cccc(C)c2)c(OC)c1. The fraction of sp³-hybridized carbons (Fsp3) is 0.200. The van der Waals surface area contributed by atoms with Gasteiger partial charge < -0.3 is 19.5 Å². The zero-order valence-corrected chi connectivity index (χ0v) is 22.6. The number of hydrogen-bond donors (Lipinski definition) is 1. The Bertz CT molecular complexity index is 1500. The average molecular weight is 560 g/mol. The van der Waals surface area contributed by atoms with E-state index in [1.807, 2.05) is 62.4 Å². The van der Waals surface area contributed by atoms with Crippen LogP contribution in [0.3, 0.4) is 0 Å². The summed E-state index contributed by atoms with van der Waals surface area (Å²) in [5.41, 5.74) is 6.55. The summed E-state index contributed by atoms with van der Waals surface area (Å²) in [6.45, 7) is 4.21. The summed E-state index contributed by atoms with van der Waals surface area (Å²) < 4.78 is 17.7. The summed E-state index contributed by atoms with van der Waals surface area (Å²) in [7, 11) is 2.91. The van der Waals surface area contributed by atoms with Crippen LogP contribution in [0.1, 0.15) is 45.5 Å². The van der Waals surface area contributed by atoms with E-state index in [2.05, 4.69) is 27.3 Å². The molecule has 188 valence electrons. The Morgan fingerprint density at radius 1 is 1.00 bits per heavy atom. The highest BCUT2D eigenvalue weighted by Gasteiger charge is 2.43. The molecular weight excluding hydrogens is 534 g/mol. The summed E-state index contributed by atoms with van der Waals surface area (Å²) in [6.07, 6.45) is 0. The topological polar surface area (TPSA) is 73.9 Å². The van der Waals surface area contributed by atoms with Gasteiger partial charge in [0.2, 0.25) is 0 Å². The minimum Gasteiger partial charge on any atom is -0.493 e. The Balaban J connectivity index is 1.60. The van der Waals surface area contributed by atoms with Crippen LogP contribution in [0.2, 0.25) is 0 Å². The summed E-state index contributed by atoms with van der Waals surface area (Å²) in [4.78, 5) is 26.6. The molecule has 0 aromatic heterocycles. The van der Waals surface area contributed by atoms with Crippen LogP contribution in [-0.4, -0.2) is 26.0 Å². The highest BCUT2D eigenvalue weighted by Crippen LogP contribution is 2.49. The molecule has 3 aromatic rings. The monoisotopic (exact) mass is 559 g/mol. The Labute approximate surface area is 224 Å². The van der Waals surface area contributed by atoms with Crippen molar-refractivity contribution in [3.05, 3.63) is 110 Å². The fourth-order valence-electron chi connectivity index (χ4n) is 5.05. The van der Waals surface area contributed by atoms with E-state index in [0.717, 1.165) is 16.7 Å². The van der Waals surface area contributed by atoms with Crippen LogP contribution < -0.4 is 14.8 Å². The maximum atomic E-state index is 13.6. The van der Waals surface area contributed by atoms with E-state index in [9.17, 15) is 9.59 Å². The van der Waals surface area contributed by atoms with E-state index in [1.54, 1.807) is 13.2 Å². The van der Waals surface area contributed by atoms with Gasteiger partial charge in [-0.3, -0.25) is 4.79 Å². The smallest absolute Gasteiger partial charge is 0.336 e. The second kappa shape index (κ2) is 9.90. The molecule has 1 aliphatic heterocycles. The molecule has 1 aliphatic carbocycles. The summed E-state index contributed by atoms with van der Waals surface area (Å²) >= 11 is 3.64. The quantitative estimate of drug-likeness (QED) is 0.368. The van der Waals surface area contributed by atoms with Gasteiger partial charge in [0.1, 0.15) is 6.61 Å². The Morgan fingerprint density at radius 3 is 2.46 bits per heavy atom. The van der Waals surface area contributed by atoms with Gasteiger partial charge in [-0.15, -0.1) is 0 Å². The third kappa shape index (κ3) is 4.33. The lowest BCUT2D eigenvalue weighted by molar-refractivity contribution is -0.136. The van der Waals surface area contributed by atoms with Gasteiger partial charge in [-0.05, 0) is 53.0 Å². The molecule has 7 heteroatoms. The summed E-state index contributed by atoms with van der Waals surface area (Å²) in [5.74, 6) is -0.244. The lowest BCUT2D eigenvalue weighted by Gasteiger charge is -2.29. The normalized spacial score (nSPS) is 16.2. The Kier molecular flexibility index (Phi) is 6.65. The average Bonchev–Trinajstić information content (AvgIpc) is 3.17. The number of rotatable bonds is 6. The van der Waals surface area contributed by atoms with Crippen LogP contribution in [-0.2, 0) is 16.1 Å². The van der Waals surface area contributed by atoms with E-state index in [4.69, 9.17) is 14.2 Å². The van der Waals surface area contributed by atoms with Gasteiger partial charge in [0.25, 0.3) is 0 Å². The number of esters is 1. The van der Waals surface area contributed by atoms with Crippen molar-refractivity contribution >= 4 is 33.4 Å². The van der Waals surface area contributed by atoms with Crippen LogP contribution in [0, 0.1) is 6.92 Å². The van der Waals surface area contributed by atoms with E-state index in [0.29, 0.717) is 56.2 Å². The van der Waals surface area contributed by atoms with Gasteiger partial charge >= 0.3 is 5.97 Å². The summed E-state index contributed by atoms with van der Waals surface area (Å²) in [6, 6.07) is 19.3. The summed E-state index contributed by atoms with van der Waals surface area (Å²) in [5, 5.41) is 3.30. The standard InChI is InChI=1S/C30H26BrNO5/c1-16-8-7-9-18(12-16)15-37-29-22(31)13-19(14-23(29)35-3)25-24(30(34)36-4)17(2)32-27-20-10-5-6-11-21(20)28(33)26(25)27/h5-14,25,32H,15H2,1-4H3/t25-/m0/s1. The molecule has 0 saturated heterocycles. The largest absolute Gasteiger partial charge is 0.493 e. The molecule has 1 N–H and O–H groups in total. The number of nitrogens with one attached hydrogen (secondary N) is 1. The molecule has 1 atom stereocenters. The number of allylic oxidation sites excluding steroid dienone is 2. The molecule has 5 rings (SSSR count). The Morgan fingerprint density at radius 2 is 1.76 bits per heavy atom. The van der Waals surface area contributed by atoms with Crippen molar-refractivity contribution in [3.8, 4) is 11.5 Å². The molecule has 0 saturated carbocycles. The zero-order chi connectivity index (χ0) is 26.3. The van der Waals surface area contributed by atoms with Crippen molar-refractivity contribution in [2.75, 3.05) is 14.2 Å². The van der Waals surface area contributed by atoms with Gasteiger partial charge in [0, 0.05) is 28.3 Å². The Hall–Kier alpha value is -3.84. The number of aryl methyl sites for hydroxylation is 1. The van der Waals surface area contributed by atoms with Crippen molar-refractivity contribution in [1.82, 2.24) is 5.32 Å². The number of dihydropyridines is 1. The van der Waals surface area contributed by atoms with Crippen LogP contribution >= 0.6 is 15.9 Å². The van der Waals surface area contributed by atoms with E-state index in [1.165, 1.54) is 7.11 Å². The fourth-order valence-corrected chi connectivity index (χ4v) is 5.62. The molecule has 0 unspecified atom stereocenters. The predicted octanol–water partition coefficient (Wildman–Crippen LogP) is 6.09. The molecule has 2 aliphatic rings. The molecular formula is C30H26BrNO5. The number of methoxy groups -OCH3 is 2. The van der Waals surface area contributed by atoms with Crippen molar-refractivity contribution in [1.29, 1.82) is 0 Å². The first kappa shape index (κ1) is 24.8. The molecule has 3 aromatic carbocycles. The van der Waals surface area contributed by atoms with Gasteiger partial charge in [0.15, 0.2) is 17.3 Å². The van der Waals surface area contributed by atoms with Crippen LogP contribution in [0.4, 0.5) is 0 Å². The maximum Gasteiger partial charge on any atom is 0.336 e. The minimum absolute atomic E-state index is 0.119. The molecule has 0 radical (unpaired) electrons. The van der Waals surface area contributed by atoms with Crippen molar-refractivity contribution in [2.45, 2.75) is 26.4 Å². The highest BCUT2D eigenvalue weighted by atomic mass is 79.9. The lowest BCUT2D eigenvalue weighted by atomic mass is 9.79. The first-order valence-corrected chi connectivity index (χ1v) is 12.6. The number of ether oxygens (including phenoxy) is 3. The third-order valence-corrected chi connectivity index (χ3v) is 7.29. The lowest BCUT2D eigenvalue weighted by Crippen LogP contribution is -2.29. The molecule has 0 fully saturated rings. The number of carbonyl (C=O) groups is 2. The molecule has 0 spiro atoms. The number of halogens is 1. The molecule has 0 bridgehead atoms. The van der Waals surface area contributed by atoms with Crippen LogP contribution in [0.5, 0.6) is 11.5 Å². The second-order valence-corrected chi connectivity index (χ2v) is 9.92. The number of carbonyl (C=O) groups excluding carboxylic acids is 2.